The third-order valence-electron chi connectivity index (χ3n) is 4.42. The molecule has 0 radical (unpaired) electrons. The lowest BCUT2D eigenvalue weighted by Gasteiger charge is -2.32. The number of rotatable bonds is 3. The fourth-order valence-corrected chi connectivity index (χ4v) is 3.17. The number of fused-ring (bicyclic) bond motifs is 1. The smallest absolute Gasteiger partial charge is 0.246 e. The van der Waals surface area contributed by atoms with Crippen LogP contribution in [0.5, 0.6) is 0 Å². The second-order valence-electron chi connectivity index (χ2n) is 6.01. The molecule has 7 heteroatoms. The van der Waals surface area contributed by atoms with Crippen molar-refractivity contribution in [2.75, 3.05) is 0 Å². The van der Waals surface area contributed by atoms with Gasteiger partial charge in [-0.25, -0.2) is 0 Å². The van der Waals surface area contributed by atoms with E-state index in [-0.39, 0.29) is 11.9 Å². The number of aromatic nitrogens is 5. The maximum absolute atomic E-state index is 12.8. The van der Waals surface area contributed by atoms with E-state index in [1.165, 1.54) is 0 Å². The van der Waals surface area contributed by atoms with Gasteiger partial charge in [0.1, 0.15) is 11.7 Å². The molecule has 0 aliphatic carbocycles. The molecule has 1 aliphatic heterocycles. The molecular weight excluding hydrogens is 304 g/mol. The van der Waals surface area contributed by atoms with Gasteiger partial charge in [0.25, 0.3) is 0 Å². The molecule has 3 heterocycles. The molecule has 2 aromatic heterocycles. The van der Waals surface area contributed by atoms with E-state index in [4.69, 9.17) is 0 Å². The number of hydrogen-bond acceptors (Lipinski definition) is 4. The zero-order valence-electron chi connectivity index (χ0n) is 13.6. The van der Waals surface area contributed by atoms with Gasteiger partial charge in [-0.2, -0.15) is 5.10 Å². The molecule has 0 unspecified atom stereocenters. The summed E-state index contributed by atoms with van der Waals surface area (Å²) in [5, 5.41) is 12.8. The Bertz CT molecular complexity index is 882. The van der Waals surface area contributed by atoms with Crippen LogP contribution in [-0.2, 0) is 24.9 Å². The number of carbonyl (C=O) groups is 1. The van der Waals surface area contributed by atoms with Gasteiger partial charge in [-0.15, -0.1) is 10.2 Å². The second-order valence-corrected chi connectivity index (χ2v) is 6.01. The van der Waals surface area contributed by atoms with Crippen molar-refractivity contribution in [3.8, 4) is 11.5 Å². The van der Waals surface area contributed by atoms with Crippen molar-refractivity contribution in [2.45, 2.75) is 26.1 Å². The van der Waals surface area contributed by atoms with Crippen molar-refractivity contribution in [1.82, 2.24) is 29.4 Å². The molecule has 7 nitrogen and oxygen atoms in total. The molecule has 1 aromatic carbocycles. The van der Waals surface area contributed by atoms with Crippen LogP contribution in [0, 0.1) is 0 Å². The first kappa shape index (κ1) is 14.6. The van der Waals surface area contributed by atoms with E-state index in [0.29, 0.717) is 18.9 Å². The zero-order valence-corrected chi connectivity index (χ0v) is 13.6. The minimum atomic E-state index is -0.336. The quantitative estimate of drug-likeness (QED) is 0.737. The minimum Gasteiger partial charge on any atom is -0.329 e. The highest BCUT2D eigenvalue weighted by atomic mass is 16.2. The predicted molar refractivity (Wildman–Crippen MR) is 87.6 cm³/mol. The second kappa shape index (κ2) is 5.59. The van der Waals surface area contributed by atoms with Crippen molar-refractivity contribution < 1.29 is 4.79 Å². The molecule has 0 spiro atoms. The molecule has 0 N–H and O–H groups in total. The average molecular weight is 322 g/mol. The maximum Gasteiger partial charge on any atom is 0.246 e. The number of nitrogens with zero attached hydrogens (tertiary/aromatic N) is 6. The van der Waals surface area contributed by atoms with Crippen molar-refractivity contribution in [1.29, 1.82) is 0 Å². The van der Waals surface area contributed by atoms with Gasteiger partial charge in [-0.3, -0.25) is 14.0 Å². The molecule has 0 saturated heterocycles. The Balaban J connectivity index is 1.68. The summed E-state index contributed by atoms with van der Waals surface area (Å²) in [5.74, 6) is 1.56. The van der Waals surface area contributed by atoms with Gasteiger partial charge in [0.2, 0.25) is 5.91 Å². The van der Waals surface area contributed by atoms with E-state index in [2.05, 4.69) is 15.3 Å². The van der Waals surface area contributed by atoms with E-state index in [9.17, 15) is 4.79 Å². The van der Waals surface area contributed by atoms with Crippen LogP contribution < -0.4 is 0 Å². The number of carbonyl (C=O) groups excluding carboxylic acids is 1. The molecule has 0 bridgehead atoms. The Kier molecular flexibility index (Phi) is 3.41. The molecule has 1 aliphatic rings. The first-order chi connectivity index (χ1) is 11.6. The summed E-state index contributed by atoms with van der Waals surface area (Å²) in [5.41, 5.74) is 1.96. The molecule has 1 atom stereocenters. The number of hydrogen-bond donors (Lipinski definition) is 0. The summed E-state index contributed by atoms with van der Waals surface area (Å²) in [6.45, 7) is 2.94. The lowest BCUT2D eigenvalue weighted by atomic mass is 10.1. The largest absolute Gasteiger partial charge is 0.329 e. The lowest BCUT2D eigenvalue weighted by Crippen LogP contribution is -2.41. The summed E-state index contributed by atoms with van der Waals surface area (Å²) in [6, 6.07) is 11.5. The van der Waals surface area contributed by atoms with E-state index in [1.807, 2.05) is 59.8 Å². The van der Waals surface area contributed by atoms with Crippen LogP contribution in [0.4, 0.5) is 0 Å². The molecule has 122 valence electrons. The summed E-state index contributed by atoms with van der Waals surface area (Å²) in [4.78, 5) is 14.7. The van der Waals surface area contributed by atoms with Crippen LogP contribution >= 0.6 is 0 Å². The van der Waals surface area contributed by atoms with Crippen molar-refractivity contribution in [2.24, 2.45) is 7.05 Å². The average Bonchev–Trinajstić information content (AvgIpc) is 3.19. The maximum atomic E-state index is 12.8. The van der Waals surface area contributed by atoms with Gasteiger partial charge >= 0.3 is 0 Å². The van der Waals surface area contributed by atoms with Gasteiger partial charge in [0, 0.05) is 19.8 Å². The zero-order chi connectivity index (χ0) is 16.7. The van der Waals surface area contributed by atoms with E-state index in [0.717, 1.165) is 17.1 Å². The van der Waals surface area contributed by atoms with E-state index >= 15 is 0 Å². The monoisotopic (exact) mass is 322 g/mol. The Labute approximate surface area is 139 Å². The summed E-state index contributed by atoms with van der Waals surface area (Å²) < 4.78 is 3.66. The summed E-state index contributed by atoms with van der Waals surface area (Å²) >= 11 is 0. The topological polar surface area (TPSA) is 68.8 Å². The summed E-state index contributed by atoms with van der Waals surface area (Å²) in [7, 11) is 1.86. The van der Waals surface area contributed by atoms with Gasteiger partial charge in [-0.1, -0.05) is 30.3 Å². The van der Waals surface area contributed by atoms with Crippen LogP contribution in [-0.4, -0.2) is 35.4 Å². The number of aryl methyl sites for hydroxylation is 1. The highest BCUT2D eigenvalue weighted by Crippen LogP contribution is 2.28. The first-order valence-corrected chi connectivity index (χ1v) is 7.90. The van der Waals surface area contributed by atoms with Crippen molar-refractivity contribution >= 4 is 5.91 Å². The van der Waals surface area contributed by atoms with Gasteiger partial charge < -0.3 is 4.90 Å². The molecular formula is C17H18N6O. The van der Waals surface area contributed by atoms with Gasteiger partial charge in [-0.05, 0) is 18.6 Å². The number of benzene rings is 1. The minimum absolute atomic E-state index is 0.0783. The van der Waals surface area contributed by atoms with Crippen molar-refractivity contribution in [3.05, 3.63) is 54.0 Å². The van der Waals surface area contributed by atoms with Crippen LogP contribution in [0.1, 0.15) is 24.4 Å². The standard InChI is InChI=1S/C17H18N6O/c1-12-17(24)22(10-13-6-4-3-5-7-13)11-15-19-20-16(23(12)15)14-8-9-18-21(14)2/h3-9,12H,10-11H2,1-2H3/t12-/m1/s1. The molecule has 0 saturated carbocycles. The Hall–Kier alpha value is -2.96. The fourth-order valence-electron chi connectivity index (χ4n) is 3.17. The Morgan fingerprint density at radius 1 is 1.17 bits per heavy atom. The predicted octanol–water partition coefficient (Wildman–Crippen LogP) is 1.78. The van der Waals surface area contributed by atoms with Crippen LogP contribution in [0.2, 0.25) is 0 Å². The molecule has 4 rings (SSSR count). The molecule has 24 heavy (non-hydrogen) atoms. The van der Waals surface area contributed by atoms with E-state index in [1.54, 1.807) is 10.9 Å². The van der Waals surface area contributed by atoms with Crippen LogP contribution in [0.15, 0.2) is 42.6 Å². The third-order valence-corrected chi connectivity index (χ3v) is 4.42. The molecule has 1 amide bonds. The lowest BCUT2D eigenvalue weighted by molar-refractivity contribution is -0.137. The SMILES string of the molecule is C[C@@H]1C(=O)N(Cc2ccccc2)Cc2nnc(-c3ccnn3C)n21. The van der Waals surface area contributed by atoms with Crippen molar-refractivity contribution in [3.63, 3.8) is 0 Å². The Morgan fingerprint density at radius 2 is 1.96 bits per heavy atom. The Morgan fingerprint density at radius 3 is 2.67 bits per heavy atom. The molecule has 0 fully saturated rings. The van der Waals surface area contributed by atoms with Crippen LogP contribution in [0.3, 0.4) is 0 Å². The fraction of sp³-hybridized carbons (Fsp3) is 0.294. The highest BCUT2D eigenvalue weighted by Gasteiger charge is 2.33. The van der Waals surface area contributed by atoms with Gasteiger partial charge in [0.05, 0.1) is 6.54 Å². The number of amides is 1. The third kappa shape index (κ3) is 2.29. The highest BCUT2D eigenvalue weighted by molar-refractivity contribution is 5.81. The molecule has 3 aromatic rings. The normalized spacial score (nSPS) is 17.2. The summed E-state index contributed by atoms with van der Waals surface area (Å²) in [6.07, 6.45) is 1.72. The van der Waals surface area contributed by atoms with Gasteiger partial charge in [0.15, 0.2) is 11.6 Å². The first-order valence-electron chi connectivity index (χ1n) is 7.90. The van der Waals surface area contributed by atoms with E-state index < -0.39 is 0 Å². The van der Waals surface area contributed by atoms with Crippen LogP contribution in [0.25, 0.3) is 11.5 Å².